The Morgan fingerprint density at radius 1 is 1.44 bits per heavy atom. The third-order valence-electron chi connectivity index (χ3n) is 3.78. The van der Waals surface area contributed by atoms with Crippen LogP contribution in [0.5, 0.6) is 5.75 Å². The molecule has 96 valence electrons. The zero-order chi connectivity index (χ0) is 12.5. The first kappa shape index (κ1) is 11.5. The quantitative estimate of drug-likeness (QED) is 0.803. The number of carbonyl (C=O) groups excluding carboxylic acids is 1. The van der Waals surface area contributed by atoms with Crippen LogP contribution in [0.1, 0.15) is 18.4 Å². The molecule has 0 aliphatic carbocycles. The lowest BCUT2D eigenvalue weighted by Crippen LogP contribution is -2.53. The molecule has 4 heteroatoms. The molecule has 0 bridgehead atoms. The Hall–Kier alpha value is -1.55. The molecule has 1 saturated heterocycles. The predicted octanol–water partition coefficient (Wildman–Crippen LogP) is 0.983. The Labute approximate surface area is 107 Å². The molecule has 1 N–H and O–H groups in total. The molecular formula is C14H18N2O2. The standard InChI is InChI=1S/C14H18N2O2/c1-10-8-15-6-7-16(10)14(17)12-9-18-13-5-3-2-4-11(12)13/h2-5,10,12,15H,6-9H2,1H3/t10-,12-/m1/s1. The molecule has 18 heavy (non-hydrogen) atoms. The smallest absolute Gasteiger partial charge is 0.234 e. The Morgan fingerprint density at radius 3 is 3.11 bits per heavy atom. The van der Waals surface area contributed by atoms with Gasteiger partial charge in [-0.05, 0) is 13.0 Å². The van der Waals surface area contributed by atoms with E-state index in [9.17, 15) is 4.79 Å². The Morgan fingerprint density at radius 2 is 2.28 bits per heavy atom. The van der Waals surface area contributed by atoms with E-state index in [4.69, 9.17) is 4.74 Å². The first-order valence-electron chi connectivity index (χ1n) is 6.50. The number of amides is 1. The lowest BCUT2D eigenvalue weighted by molar-refractivity contribution is -0.135. The van der Waals surface area contributed by atoms with E-state index in [1.165, 1.54) is 0 Å². The largest absolute Gasteiger partial charge is 0.492 e. The Balaban J connectivity index is 1.82. The van der Waals surface area contributed by atoms with Gasteiger partial charge in [0.1, 0.15) is 18.3 Å². The highest BCUT2D eigenvalue weighted by atomic mass is 16.5. The number of hydrogen-bond donors (Lipinski definition) is 1. The number of piperazine rings is 1. The van der Waals surface area contributed by atoms with Crippen molar-refractivity contribution in [1.82, 2.24) is 10.2 Å². The first-order valence-corrected chi connectivity index (χ1v) is 6.50. The summed E-state index contributed by atoms with van der Waals surface area (Å²) in [6.07, 6.45) is 0. The van der Waals surface area contributed by atoms with Crippen LogP contribution in [0.4, 0.5) is 0 Å². The second-order valence-electron chi connectivity index (χ2n) is 4.99. The van der Waals surface area contributed by atoms with Crippen molar-refractivity contribution >= 4 is 5.91 Å². The molecule has 2 aliphatic rings. The van der Waals surface area contributed by atoms with Crippen molar-refractivity contribution in [2.45, 2.75) is 18.9 Å². The highest BCUT2D eigenvalue weighted by Gasteiger charge is 2.35. The van der Waals surface area contributed by atoms with Crippen molar-refractivity contribution in [2.75, 3.05) is 26.2 Å². The van der Waals surface area contributed by atoms with E-state index in [1.54, 1.807) is 0 Å². The van der Waals surface area contributed by atoms with Crippen LogP contribution >= 0.6 is 0 Å². The molecule has 0 radical (unpaired) electrons. The number of nitrogens with zero attached hydrogens (tertiary/aromatic N) is 1. The van der Waals surface area contributed by atoms with Crippen LogP contribution in [0.25, 0.3) is 0 Å². The summed E-state index contributed by atoms with van der Waals surface area (Å²) in [5.41, 5.74) is 1.04. The van der Waals surface area contributed by atoms with E-state index in [0.29, 0.717) is 6.61 Å². The van der Waals surface area contributed by atoms with Gasteiger partial charge in [-0.15, -0.1) is 0 Å². The molecule has 3 rings (SSSR count). The number of ether oxygens (including phenoxy) is 1. The minimum Gasteiger partial charge on any atom is -0.492 e. The van der Waals surface area contributed by atoms with Crippen LogP contribution in [0.3, 0.4) is 0 Å². The minimum absolute atomic E-state index is 0.123. The SMILES string of the molecule is C[C@@H]1CNCCN1C(=O)[C@@H]1COc2ccccc21. The molecule has 0 unspecified atom stereocenters. The topological polar surface area (TPSA) is 41.6 Å². The number of benzene rings is 1. The molecule has 1 aromatic carbocycles. The zero-order valence-corrected chi connectivity index (χ0v) is 10.6. The summed E-state index contributed by atoms with van der Waals surface area (Å²) in [6.45, 7) is 5.12. The van der Waals surface area contributed by atoms with E-state index in [-0.39, 0.29) is 17.9 Å². The van der Waals surface area contributed by atoms with Gasteiger partial charge in [0, 0.05) is 31.2 Å². The summed E-state index contributed by atoms with van der Waals surface area (Å²) < 4.78 is 5.60. The Kier molecular flexibility index (Phi) is 2.96. The van der Waals surface area contributed by atoms with Gasteiger partial charge in [0.15, 0.2) is 0 Å². The lowest BCUT2D eigenvalue weighted by atomic mass is 9.98. The second-order valence-corrected chi connectivity index (χ2v) is 4.99. The summed E-state index contributed by atoms with van der Waals surface area (Å²) in [6, 6.07) is 8.11. The fraction of sp³-hybridized carbons (Fsp3) is 0.500. The predicted molar refractivity (Wildman–Crippen MR) is 68.7 cm³/mol. The molecule has 1 fully saturated rings. The summed E-state index contributed by atoms with van der Waals surface area (Å²) in [5.74, 6) is 0.939. The minimum atomic E-state index is -0.123. The second kappa shape index (κ2) is 4.61. The maximum atomic E-state index is 12.6. The van der Waals surface area contributed by atoms with Crippen molar-refractivity contribution < 1.29 is 9.53 Å². The van der Waals surface area contributed by atoms with E-state index >= 15 is 0 Å². The third-order valence-corrected chi connectivity index (χ3v) is 3.78. The first-order chi connectivity index (χ1) is 8.77. The third kappa shape index (κ3) is 1.86. The van der Waals surface area contributed by atoms with E-state index in [1.807, 2.05) is 29.2 Å². The molecule has 2 aliphatic heterocycles. The fourth-order valence-corrected chi connectivity index (χ4v) is 2.74. The summed E-state index contributed by atoms with van der Waals surface area (Å²) in [4.78, 5) is 14.6. The van der Waals surface area contributed by atoms with Gasteiger partial charge < -0.3 is 15.0 Å². The normalized spacial score (nSPS) is 26.6. The number of fused-ring (bicyclic) bond motifs is 1. The molecule has 1 amide bonds. The molecular weight excluding hydrogens is 228 g/mol. The van der Waals surface area contributed by atoms with E-state index in [0.717, 1.165) is 30.9 Å². The average Bonchev–Trinajstić information content (AvgIpc) is 2.82. The lowest BCUT2D eigenvalue weighted by Gasteiger charge is -2.35. The van der Waals surface area contributed by atoms with E-state index in [2.05, 4.69) is 12.2 Å². The average molecular weight is 246 g/mol. The van der Waals surface area contributed by atoms with Crippen LogP contribution in [0.15, 0.2) is 24.3 Å². The van der Waals surface area contributed by atoms with Gasteiger partial charge in [0.25, 0.3) is 0 Å². The molecule has 1 aromatic rings. The maximum absolute atomic E-state index is 12.6. The van der Waals surface area contributed by atoms with Gasteiger partial charge in [0.05, 0.1) is 0 Å². The molecule has 0 aromatic heterocycles. The highest BCUT2D eigenvalue weighted by molar-refractivity contribution is 5.86. The van der Waals surface area contributed by atoms with Crippen molar-refractivity contribution in [3.8, 4) is 5.75 Å². The van der Waals surface area contributed by atoms with Gasteiger partial charge in [-0.3, -0.25) is 4.79 Å². The number of para-hydroxylation sites is 1. The molecule has 4 nitrogen and oxygen atoms in total. The van der Waals surface area contributed by atoms with Crippen molar-refractivity contribution in [3.63, 3.8) is 0 Å². The number of rotatable bonds is 1. The van der Waals surface area contributed by atoms with Gasteiger partial charge in [0.2, 0.25) is 5.91 Å². The van der Waals surface area contributed by atoms with Gasteiger partial charge in [-0.1, -0.05) is 18.2 Å². The van der Waals surface area contributed by atoms with E-state index < -0.39 is 0 Å². The Bertz CT molecular complexity index is 461. The number of carbonyl (C=O) groups is 1. The summed E-state index contributed by atoms with van der Waals surface area (Å²) in [5, 5.41) is 3.30. The maximum Gasteiger partial charge on any atom is 0.234 e. The van der Waals surface area contributed by atoms with Crippen LogP contribution in [0, 0.1) is 0 Å². The highest BCUT2D eigenvalue weighted by Crippen LogP contribution is 2.34. The van der Waals surface area contributed by atoms with Gasteiger partial charge in [-0.2, -0.15) is 0 Å². The zero-order valence-electron chi connectivity index (χ0n) is 10.6. The van der Waals surface area contributed by atoms with Crippen molar-refractivity contribution in [3.05, 3.63) is 29.8 Å². The van der Waals surface area contributed by atoms with Crippen LogP contribution in [-0.4, -0.2) is 43.1 Å². The van der Waals surface area contributed by atoms with Gasteiger partial charge >= 0.3 is 0 Å². The molecule has 0 spiro atoms. The van der Waals surface area contributed by atoms with Crippen LogP contribution in [-0.2, 0) is 4.79 Å². The number of nitrogens with one attached hydrogen (secondary N) is 1. The fourth-order valence-electron chi connectivity index (χ4n) is 2.74. The molecule has 2 heterocycles. The van der Waals surface area contributed by atoms with Crippen molar-refractivity contribution in [1.29, 1.82) is 0 Å². The monoisotopic (exact) mass is 246 g/mol. The van der Waals surface area contributed by atoms with Crippen LogP contribution < -0.4 is 10.1 Å². The van der Waals surface area contributed by atoms with Crippen molar-refractivity contribution in [2.24, 2.45) is 0 Å². The molecule has 2 atom stereocenters. The van der Waals surface area contributed by atoms with Crippen LogP contribution in [0.2, 0.25) is 0 Å². The summed E-state index contributed by atoms with van der Waals surface area (Å²) in [7, 11) is 0. The molecule has 0 saturated carbocycles. The summed E-state index contributed by atoms with van der Waals surface area (Å²) >= 11 is 0. The number of hydrogen-bond acceptors (Lipinski definition) is 3. The van der Waals surface area contributed by atoms with Gasteiger partial charge in [-0.25, -0.2) is 0 Å².